The van der Waals surface area contributed by atoms with Gasteiger partial charge in [-0.2, -0.15) is 0 Å². The van der Waals surface area contributed by atoms with E-state index in [2.05, 4.69) is 10.3 Å². The van der Waals surface area contributed by atoms with Crippen LogP contribution in [0.1, 0.15) is 17.6 Å². The maximum atomic E-state index is 12.3. The van der Waals surface area contributed by atoms with E-state index in [-0.39, 0.29) is 24.3 Å². The van der Waals surface area contributed by atoms with Crippen LogP contribution in [-0.4, -0.2) is 36.2 Å². The molecule has 10 nitrogen and oxygen atoms in total. The Bertz CT molecular complexity index is 1090. The van der Waals surface area contributed by atoms with E-state index in [0.29, 0.717) is 11.5 Å². The molecular weight excluding hydrogens is 342 g/mol. The highest BCUT2D eigenvalue weighted by molar-refractivity contribution is 5.78. The minimum atomic E-state index is -0.971. The van der Waals surface area contributed by atoms with Crippen LogP contribution in [-0.2, 0) is 25.4 Å². The molecule has 0 aliphatic heterocycles. The summed E-state index contributed by atoms with van der Waals surface area (Å²) in [4.78, 5) is 40.4. The minimum absolute atomic E-state index is 0.0328. The number of amides is 1. The lowest BCUT2D eigenvalue weighted by molar-refractivity contribution is -0.122. The predicted molar refractivity (Wildman–Crippen MR) is 91.6 cm³/mol. The van der Waals surface area contributed by atoms with Gasteiger partial charge in [0.1, 0.15) is 24.2 Å². The summed E-state index contributed by atoms with van der Waals surface area (Å²) in [6.45, 7) is 1.55. The van der Waals surface area contributed by atoms with Gasteiger partial charge in [-0.1, -0.05) is 0 Å². The fourth-order valence-electron chi connectivity index (χ4n) is 2.67. The summed E-state index contributed by atoms with van der Waals surface area (Å²) in [6, 6.07) is 3.36. The van der Waals surface area contributed by atoms with Crippen molar-refractivity contribution in [2.24, 2.45) is 14.1 Å². The van der Waals surface area contributed by atoms with Gasteiger partial charge in [0.25, 0.3) is 5.56 Å². The molecule has 3 heterocycles. The fourth-order valence-corrected chi connectivity index (χ4v) is 2.67. The molecule has 10 heteroatoms. The van der Waals surface area contributed by atoms with Gasteiger partial charge in [0, 0.05) is 14.1 Å². The van der Waals surface area contributed by atoms with E-state index < -0.39 is 23.3 Å². The minimum Gasteiger partial charge on any atom is -0.464 e. The van der Waals surface area contributed by atoms with E-state index in [1.807, 2.05) is 0 Å². The van der Waals surface area contributed by atoms with Crippen LogP contribution in [0, 0.1) is 6.92 Å². The van der Waals surface area contributed by atoms with Crippen molar-refractivity contribution in [3.8, 4) is 0 Å². The third-order valence-electron chi connectivity index (χ3n) is 4.11. The summed E-state index contributed by atoms with van der Waals surface area (Å²) in [7, 11) is 2.87. The molecule has 0 bridgehead atoms. The molecule has 138 valence electrons. The number of hydrogen-bond donors (Lipinski definition) is 2. The third kappa shape index (κ3) is 3.06. The average Bonchev–Trinajstić information content (AvgIpc) is 3.22. The molecule has 3 aromatic rings. The number of carbonyl (C=O) groups excluding carboxylic acids is 1. The van der Waals surface area contributed by atoms with Gasteiger partial charge in [-0.25, -0.2) is 9.78 Å². The number of aliphatic hydroxyl groups is 1. The third-order valence-corrected chi connectivity index (χ3v) is 4.11. The number of imidazole rings is 1. The second-order valence-electron chi connectivity index (χ2n) is 6.02. The number of furan rings is 1. The van der Waals surface area contributed by atoms with Gasteiger partial charge in [-0.3, -0.25) is 18.7 Å². The Labute approximate surface area is 147 Å². The Hall–Kier alpha value is -3.14. The normalized spacial score (nSPS) is 12.5. The number of nitrogens with zero attached hydrogens (tertiary/aromatic N) is 4. The number of nitrogens with one attached hydrogen (secondary N) is 1. The van der Waals surface area contributed by atoms with E-state index in [1.165, 1.54) is 29.6 Å². The summed E-state index contributed by atoms with van der Waals surface area (Å²) < 4.78 is 8.88. The van der Waals surface area contributed by atoms with E-state index in [9.17, 15) is 19.5 Å². The lowest BCUT2D eigenvalue weighted by Crippen LogP contribution is -2.38. The fraction of sp³-hybridized carbons (Fsp3) is 0.375. The lowest BCUT2D eigenvalue weighted by atomic mass is 10.2. The average molecular weight is 361 g/mol. The molecule has 3 rings (SSSR count). The number of fused-ring (bicyclic) bond motifs is 1. The molecule has 0 aliphatic rings. The van der Waals surface area contributed by atoms with Gasteiger partial charge in [0.05, 0.1) is 12.9 Å². The van der Waals surface area contributed by atoms with Crippen molar-refractivity contribution in [1.82, 2.24) is 24.0 Å². The van der Waals surface area contributed by atoms with Crippen LogP contribution in [0.25, 0.3) is 11.2 Å². The van der Waals surface area contributed by atoms with Crippen LogP contribution in [0.2, 0.25) is 0 Å². The van der Waals surface area contributed by atoms with Crippen molar-refractivity contribution in [3.05, 3.63) is 50.8 Å². The van der Waals surface area contributed by atoms with Gasteiger partial charge in [0.2, 0.25) is 5.91 Å². The van der Waals surface area contributed by atoms with Gasteiger partial charge in [-0.15, -0.1) is 0 Å². The molecule has 1 unspecified atom stereocenters. The van der Waals surface area contributed by atoms with Crippen molar-refractivity contribution in [3.63, 3.8) is 0 Å². The quantitative estimate of drug-likeness (QED) is 0.612. The highest BCUT2D eigenvalue weighted by Crippen LogP contribution is 2.15. The van der Waals surface area contributed by atoms with E-state index in [0.717, 1.165) is 4.57 Å². The number of carbonyl (C=O) groups is 1. The standard InChI is InChI=1S/C16H19N5O5/c1-9-4-5-11(26-9)10(22)6-17-12(23)7-21-8-18-14-13(21)15(24)20(3)16(25)19(14)2/h4-5,8,10,22H,6-7H2,1-3H3,(H,17,23). The zero-order chi connectivity index (χ0) is 19.0. The molecule has 0 saturated heterocycles. The Morgan fingerprint density at radius 1 is 1.31 bits per heavy atom. The van der Waals surface area contributed by atoms with Gasteiger partial charge >= 0.3 is 5.69 Å². The largest absolute Gasteiger partial charge is 0.464 e. The van der Waals surface area contributed by atoms with Crippen molar-refractivity contribution >= 4 is 17.1 Å². The van der Waals surface area contributed by atoms with Crippen molar-refractivity contribution in [2.45, 2.75) is 19.6 Å². The molecule has 2 N–H and O–H groups in total. The lowest BCUT2D eigenvalue weighted by Gasteiger charge is -2.10. The van der Waals surface area contributed by atoms with Gasteiger partial charge in [-0.05, 0) is 19.1 Å². The Morgan fingerprint density at radius 2 is 2.04 bits per heavy atom. The molecule has 0 radical (unpaired) electrons. The van der Waals surface area contributed by atoms with Crippen LogP contribution in [0.4, 0.5) is 0 Å². The van der Waals surface area contributed by atoms with Crippen LogP contribution in [0.15, 0.2) is 32.5 Å². The number of aromatic nitrogens is 4. The molecule has 3 aromatic heterocycles. The first-order valence-electron chi connectivity index (χ1n) is 7.91. The van der Waals surface area contributed by atoms with Crippen LogP contribution >= 0.6 is 0 Å². The van der Waals surface area contributed by atoms with Crippen LogP contribution in [0.3, 0.4) is 0 Å². The number of hydrogen-bond acceptors (Lipinski definition) is 6. The summed E-state index contributed by atoms with van der Waals surface area (Å²) >= 11 is 0. The molecule has 0 aromatic carbocycles. The number of aryl methyl sites for hydroxylation is 2. The maximum absolute atomic E-state index is 12.3. The monoisotopic (exact) mass is 361 g/mol. The molecule has 0 saturated carbocycles. The van der Waals surface area contributed by atoms with Gasteiger partial charge in [0.15, 0.2) is 11.2 Å². The highest BCUT2D eigenvalue weighted by atomic mass is 16.4. The summed E-state index contributed by atoms with van der Waals surface area (Å²) in [6.07, 6.45) is 0.359. The van der Waals surface area contributed by atoms with Crippen LogP contribution < -0.4 is 16.6 Å². The first kappa shape index (κ1) is 17.7. The van der Waals surface area contributed by atoms with E-state index in [1.54, 1.807) is 19.1 Å². The van der Waals surface area contributed by atoms with E-state index in [4.69, 9.17) is 4.42 Å². The Morgan fingerprint density at radius 3 is 2.69 bits per heavy atom. The van der Waals surface area contributed by atoms with Crippen LogP contribution in [0.5, 0.6) is 0 Å². The van der Waals surface area contributed by atoms with E-state index >= 15 is 0 Å². The second kappa shape index (κ2) is 6.64. The first-order chi connectivity index (χ1) is 12.3. The van der Waals surface area contributed by atoms with Crippen molar-refractivity contribution < 1.29 is 14.3 Å². The maximum Gasteiger partial charge on any atom is 0.332 e. The SMILES string of the molecule is Cc1ccc(C(O)CNC(=O)Cn2cnc3c2c(=O)n(C)c(=O)n3C)o1. The molecule has 1 amide bonds. The number of aliphatic hydroxyl groups excluding tert-OH is 1. The first-order valence-corrected chi connectivity index (χ1v) is 7.91. The summed E-state index contributed by atoms with van der Waals surface area (Å²) in [5, 5.41) is 12.6. The zero-order valence-corrected chi connectivity index (χ0v) is 14.6. The zero-order valence-electron chi connectivity index (χ0n) is 14.6. The Balaban J connectivity index is 1.76. The molecule has 0 fully saturated rings. The summed E-state index contributed by atoms with van der Waals surface area (Å²) in [5.41, 5.74) is -0.655. The smallest absolute Gasteiger partial charge is 0.332 e. The molecule has 1 atom stereocenters. The molecule has 0 spiro atoms. The molecule has 0 aliphatic carbocycles. The Kier molecular flexibility index (Phi) is 4.51. The van der Waals surface area contributed by atoms with Crippen molar-refractivity contribution in [1.29, 1.82) is 0 Å². The summed E-state index contributed by atoms with van der Waals surface area (Å²) in [5.74, 6) is 0.610. The van der Waals surface area contributed by atoms with Crippen molar-refractivity contribution in [2.75, 3.05) is 6.54 Å². The number of rotatable bonds is 5. The highest BCUT2D eigenvalue weighted by Gasteiger charge is 2.17. The second-order valence-corrected chi connectivity index (χ2v) is 6.02. The van der Waals surface area contributed by atoms with Gasteiger partial charge < -0.3 is 19.4 Å². The predicted octanol–water partition coefficient (Wildman–Crippen LogP) is -0.815. The molecule has 26 heavy (non-hydrogen) atoms. The topological polar surface area (TPSA) is 124 Å². The molecular formula is C16H19N5O5.